The van der Waals surface area contributed by atoms with E-state index < -0.39 is 0 Å². The molecule has 0 spiro atoms. The van der Waals surface area contributed by atoms with Crippen LogP contribution in [-0.2, 0) is 17.6 Å². The Kier molecular flexibility index (Phi) is 3.78. The maximum atomic E-state index is 12.0. The molecule has 4 heterocycles. The summed E-state index contributed by atoms with van der Waals surface area (Å²) in [4.78, 5) is 23.2. The van der Waals surface area contributed by atoms with E-state index >= 15 is 0 Å². The first kappa shape index (κ1) is 16.2. The Morgan fingerprint density at radius 1 is 1.33 bits per heavy atom. The second-order valence-electron chi connectivity index (χ2n) is 6.70. The van der Waals surface area contributed by atoms with Crippen LogP contribution in [0.4, 0.5) is 11.5 Å². The van der Waals surface area contributed by atoms with Gasteiger partial charge in [0.15, 0.2) is 0 Å². The van der Waals surface area contributed by atoms with Crippen molar-refractivity contribution in [1.82, 2.24) is 24.9 Å². The molecule has 4 aromatic heterocycles. The van der Waals surface area contributed by atoms with Gasteiger partial charge in [0.1, 0.15) is 17.0 Å². The number of aromatic nitrogens is 4. The largest absolute Gasteiger partial charge is 0.359 e. The van der Waals surface area contributed by atoms with Crippen molar-refractivity contribution in [3.8, 4) is 0 Å². The molecule has 7 nitrogen and oxygen atoms in total. The number of anilines is 2. The third-order valence-electron chi connectivity index (χ3n) is 5.12. The fourth-order valence-corrected chi connectivity index (χ4v) is 5.04. The highest BCUT2D eigenvalue weighted by atomic mass is 32.1. The predicted octanol–water partition coefficient (Wildman–Crippen LogP) is 2.93. The first-order valence-electron chi connectivity index (χ1n) is 8.90. The minimum absolute atomic E-state index is 0.0456. The fraction of sp³-hybridized carbons (Fsp3) is 0.263. The molecular weight excluding hydrogens is 360 g/mol. The van der Waals surface area contributed by atoms with Crippen LogP contribution in [0.1, 0.15) is 16.9 Å². The number of pyridine rings is 1. The number of hydrogen-bond acceptors (Lipinski definition) is 6. The summed E-state index contributed by atoms with van der Waals surface area (Å²) < 4.78 is 1.83. The molecule has 27 heavy (non-hydrogen) atoms. The van der Waals surface area contributed by atoms with Crippen molar-refractivity contribution >= 4 is 44.5 Å². The van der Waals surface area contributed by atoms with E-state index in [-0.39, 0.29) is 11.8 Å². The van der Waals surface area contributed by atoms with Gasteiger partial charge in [-0.25, -0.2) is 14.5 Å². The van der Waals surface area contributed by atoms with Gasteiger partial charge < -0.3 is 10.6 Å². The van der Waals surface area contributed by atoms with Gasteiger partial charge in [-0.05, 0) is 43.0 Å². The maximum absolute atomic E-state index is 12.0. The lowest BCUT2D eigenvalue weighted by Crippen LogP contribution is -2.31. The zero-order chi connectivity index (χ0) is 18.4. The average Bonchev–Trinajstić information content (AvgIpc) is 3.30. The number of carbonyl (C=O) groups excluding carboxylic acids is 1. The molecule has 8 heteroatoms. The van der Waals surface area contributed by atoms with Crippen LogP contribution in [0.15, 0.2) is 36.9 Å². The van der Waals surface area contributed by atoms with Crippen molar-refractivity contribution in [2.75, 3.05) is 12.4 Å². The van der Waals surface area contributed by atoms with Gasteiger partial charge >= 0.3 is 0 Å². The smallest absolute Gasteiger partial charge is 0.223 e. The van der Waals surface area contributed by atoms with Crippen molar-refractivity contribution in [2.45, 2.75) is 19.3 Å². The second kappa shape index (κ2) is 6.31. The quantitative estimate of drug-likeness (QED) is 0.573. The Morgan fingerprint density at radius 3 is 3.15 bits per heavy atom. The molecule has 0 unspecified atom stereocenters. The van der Waals surface area contributed by atoms with Crippen molar-refractivity contribution in [1.29, 1.82) is 0 Å². The Balaban J connectivity index is 1.54. The summed E-state index contributed by atoms with van der Waals surface area (Å²) >= 11 is 1.67. The van der Waals surface area contributed by atoms with E-state index in [1.165, 1.54) is 10.4 Å². The first-order chi connectivity index (χ1) is 13.2. The number of nitrogens with one attached hydrogen (secondary N) is 2. The molecule has 1 amide bonds. The van der Waals surface area contributed by atoms with Crippen LogP contribution in [0, 0.1) is 5.92 Å². The molecule has 0 bridgehead atoms. The molecule has 1 aliphatic carbocycles. The standard InChI is InChI=1S/C19H18N6OS/c1-20-18(26)11-2-3-14-15(8-11)27-19-16(14)17(21-10-22-19)24-12-5-7-25-13(9-12)4-6-23-25/h4-7,9-11H,2-3,8H2,1H3,(H,20,26)(H,21,22,24)/t11-/m0/s1. The van der Waals surface area contributed by atoms with Crippen LogP contribution < -0.4 is 10.6 Å². The van der Waals surface area contributed by atoms with E-state index in [1.54, 1.807) is 30.9 Å². The molecule has 0 fully saturated rings. The number of nitrogens with zero attached hydrogens (tertiary/aromatic N) is 4. The summed E-state index contributed by atoms with van der Waals surface area (Å²) in [7, 11) is 1.70. The van der Waals surface area contributed by atoms with Crippen molar-refractivity contribution in [3.63, 3.8) is 0 Å². The van der Waals surface area contributed by atoms with Gasteiger partial charge in [0, 0.05) is 35.9 Å². The molecule has 136 valence electrons. The fourth-order valence-electron chi connectivity index (χ4n) is 3.77. The highest BCUT2D eigenvalue weighted by molar-refractivity contribution is 7.19. The summed E-state index contributed by atoms with van der Waals surface area (Å²) in [6, 6.07) is 5.99. The minimum Gasteiger partial charge on any atom is -0.359 e. The van der Waals surface area contributed by atoms with Crippen LogP contribution >= 0.6 is 11.3 Å². The van der Waals surface area contributed by atoms with Gasteiger partial charge in [-0.3, -0.25) is 4.79 Å². The van der Waals surface area contributed by atoms with Gasteiger partial charge in [-0.2, -0.15) is 5.10 Å². The molecule has 4 aromatic rings. The van der Waals surface area contributed by atoms with Crippen molar-refractivity contribution < 1.29 is 4.79 Å². The molecule has 0 aliphatic heterocycles. The van der Waals surface area contributed by atoms with E-state index in [0.29, 0.717) is 0 Å². The summed E-state index contributed by atoms with van der Waals surface area (Å²) in [5, 5.41) is 11.5. The summed E-state index contributed by atoms with van der Waals surface area (Å²) in [5.41, 5.74) is 3.26. The van der Waals surface area contributed by atoms with Gasteiger partial charge in [-0.1, -0.05) is 0 Å². The van der Waals surface area contributed by atoms with Crippen LogP contribution in [-0.4, -0.2) is 32.5 Å². The van der Waals surface area contributed by atoms with E-state index in [1.807, 2.05) is 28.9 Å². The zero-order valence-corrected chi connectivity index (χ0v) is 15.6. The van der Waals surface area contributed by atoms with Gasteiger partial charge in [0.25, 0.3) is 0 Å². The Labute approximate surface area is 159 Å². The number of aryl methyl sites for hydroxylation is 1. The number of amides is 1. The molecule has 1 atom stereocenters. The third-order valence-corrected chi connectivity index (χ3v) is 6.29. The normalized spacial score (nSPS) is 16.4. The predicted molar refractivity (Wildman–Crippen MR) is 105 cm³/mol. The SMILES string of the molecule is CNC(=O)[C@H]1CCc2c(sc3ncnc(Nc4ccn5nccc5c4)c23)C1. The molecule has 0 aromatic carbocycles. The summed E-state index contributed by atoms with van der Waals surface area (Å²) in [6.45, 7) is 0. The van der Waals surface area contributed by atoms with Crippen molar-refractivity contribution in [3.05, 3.63) is 47.4 Å². The van der Waals surface area contributed by atoms with Crippen LogP contribution in [0.3, 0.4) is 0 Å². The highest BCUT2D eigenvalue weighted by Crippen LogP contribution is 2.40. The second-order valence-corrected chi connectivity index (χ2v) is 7.78. The van der Waals surface area contributed by atoms with Gasteiger partial charge in [-0.15, -0.1) is 11.3 Å². The van der Waals surface area contributed by atoms with Crippen LogP contribution in [0.2, 0.25) is 0 Å². The van der Waals surface area contributed by atoms with Gasteiger partial charge in [0.05, 0.1) is 10.9 Å². The molecule has 5 rings (SSSR count). The number of carbonyl (C=O) groups is 1. The van der Waals surface area contributed by atoms with E-state index in [0.717, 1.165) is 46.5 Å². The van der Waals surface area contributed by atoms with E-state index in [9.17, 15) is 4.79 Å². The van der Waals surface area contributed by atoms with E-state index in [4.69, 9.17) is 0 Å². The highest BCUT2D eigenvalue weighted by Gasteiger charge is 2.28. The topological polar surface area (TPSA) is 84.2 Å². The monoisotopic (exact) mass is 378 g/mol. The lowest BCUT2D eigenvalue weighted by Gasteiger charge is -2.20. The average molecular weight is 378 g/mol. The Hall–Kier alpha value is -3.00. The molecule has 0 saturated carbocycles. The Morgan fingerprint density at radius 2 is 2.26 bits per heavy atom. The molecule has 0 radical (unpaired) electrons. The summed E-state index contributed by atoms with van der Waals surface area (Å²) in [5.74, 6) is 0.987. The molecule has 0 saturated heterocycles. The van der Waals surface area contributed by atoms with Crippen molar-refractivity contribution in [2.24, 2.45) is 5.92 Å². The molecular formula is C19H18N6OS. The van der Waals surface area contributed by atoms with Crippen LogP contribution in [0.5, 0.6) is 0 Å². The van der Waals surface area contributed by atoms with E-state index in [2.05, 4.69) is 25.7 Å². The lowest BCUT2D eigenvalue weighted by molar-refractivity contribution is -0.124. The first-order valence-corrected chi connectivity index (χ1v) is 9.72. The zero-order valence-electron chi connectivity index (χ0n) is 14.8. The summed E-state index contributed by atoms with van der Waals surface area (Å²) in [6.07, 6.45) is 7.80. The lowest BCUT2D eigenvalue weighted by atomic mass is 9.87. The third kappa shape index (κ3) is 2.73. The maximum Gasteiger partial charge on any atom is 0.223 e. The van der Waals surface area contributed by atoms with Gasteiger partial charge in [0.2, 0.25) is 5.91 Å². The molecule has 2 N–H and O–H groups in total. The number of fused-ring (bicyclic) bond motifs is 4. The Bertz CT molecular complexity index is 1160. The number of rotatable bonds is 3. The number of thiophene rings is 1. The molecule has 1 aliphatic rings. The number of hydrogen-bond donors (Lipinski definition) is 2. The van der Waals surface area contributed by atoms with Crippen LogP contribution in [0.25, 0.3) is 15.7 Å². The minimum atomic E-state index is 0.0456.